The molecule has 45 heavy (non-hydrogen) atoms. The second kappa shape index (κ2) is 43.6. The minimum absolute atomic E-state index is 0. The number of aliphatic hydroxyl groups excluding tert-OH is 1. The third kappa shape index (κ3) is 18.7. The van der Waals surface area contributed by atoms with Crippen molar-refractivity contribution in [1.29, 1.82) is 0 Å². The molecule has 4 aliphatic rings. The van der Waals surface area contributed by atoms with Gasteiger partial charge in [0, 0.05) is 12.5 Å². The molecular weight excluding hydrogens is 548 g/mol. The first kappa shape index (κ1) is 120. The predicted octanol–water partition coefficient (Wildman–Crippen LogP) is 18.2. The molecule has 0 amide bonds. The summed E-state index contributed by atoms with van der Waals surface area (Å²) in [4.78, 5) is 12.2. The average Bonchev–Trinajstić information content (AvgIpc) is 2.91. The Morgan fingerprint density at radius 1 is 0.533 bits per heavy atom. The molecule has 0 aromatic heterocycles. The monoisotopic (exact) mass is 669 g/mol. The van der Waals surface area contributed by atoms with Crippen LogP contribution in [-0.4, -0.2) is 17.5 Å². The fourth-order valence-corrected chi connectivity index (χ4v) is 8.18. The normalized spacial score (nSPS) is 28.7. The lowest BCUT2D eigenvalue weighted by molar-refractivity contribution is -0.136. The van der Waals surface area contributed by atoms with Gasteiger partial charge in [0.15, 0.2) is 0 Å². The van der Waals surface area contributed by atoms with E-state index in [1.54, 1.807) is 0 Å². The molecule has 0 bridgehead atoms. The Bertz CT molecular complexity index is 516. The molecule has 1 N–H and O–H groups in total. The predicted molar refractivity (Wildman–Crippen MR) is 238 cm³/mol. The zero-order valence-corrected chi connectivity index (χ0v) is 15.9. The third-order valence-electron chi connectivity index (χ3n) is 9.52. The number of rotatable bonds is 2. The van der Waals surface area contributed by atoms with Crippen LogP contribution in [-0.2, 0) is 4.79 Å². The van der Waals surface area contributed by atoms with E-state index in [0.717, 1.165) is 30.1 Å². The van der Waals surface area contributed by atoms with Crippen molar-refractivity contribution in [2.45, 2.75) is 235 Å². The van der Waals surface area contributed by atoms with Crippen LogP contribution in [0.4, 0.5) is 0 Å². The topological polar surface area (TPSA) is 37.3 Å². The summed E-state index contributed by atoms with van der Waals surface area (Å²) in [7, 11) is 0. The van der Waals surface area contributed by atoms with Crippen molar-refractivity contribution in [2.24, 2.45) is 46.3 Å². The number of fused-ring (bicyclic) bond motifs is 5. The Kier molecular flexibility index (Phi) is 116. The Hall–Kier alpha value is -0.370. The highest BCUT2D eigenvalue weighted by molar-refractivity contribution is 5.79. The first-order chi connectivity index (χ1) is 11.4. The van der Waals surface area contributed by atoms with E-state index in [2.05, 4.69) is 13.8 Å². The van der Waals surface area contributed by atoms with Crippen LogP contribution in [0.2, 0.25) is 0 Å². The number of hydrogen-bond donors (Lipinski definition) is 1. The Morgan fingerprint density at radius 2 is 0.911 bits per heavy atom. The molecule has 4 fully saturated rings. The largest absolute Gasteiger partial charge is 0.396 e. The zero-order valence-electron chi connectivity index (χ0n) is 15.9. The highest BCUT2D eigenvalue weighted by Crippen LogP contribution is 2.67. The van der Waals surface area contributed by atoms with Crippen LogP contribution < -0.4 is 0 Å². The van der Waals surface area contributed by atoms with Crippen LogP contribution in [0, 0.1) is 46.3 Å². The van der Waals surface area contributed by atoms with Crippen LogP contribution in [0.15, 0.2) is 0 Å². The molecule has 4 aliphatic carbocycles. The highest BCUT2D eigenvalue weighted by Gasteiger charge is 2.60. The van der Waals surface area contributed by atoms with Crippen molar-refractivity contribution in [1.82, 2.24) is 0 Å². The fourth-order valence-electron chi connectivity index (χ4n) is 8.18. The molecule has 0 saturated heterocycles. The lowest BCUT2D eigenvalue weighted by Crippen LogP contribution is -2.54. The summed E-state index contributed by atoms with van der Waals surface area (Å²) in [6.07, 6.45) is 11.6. The number of carbonyl (C=O) groups is 1. The van der Waals surface area contributed by atoms with Gasteiger partial charge >= 0.3 is 0 Å². The molecule has 0 aliphatic heterocycles. The van der Waals surface area contributed by atoms with Crippen molar-refractivity contribution in [2.75, 3.05) is 6.61 Å². The number of hydrogen-bond acceptors (Lipinski definition) is 2. The molecule has 304 valence electrons. The minimum atomic E-state index is 0. The van der Waals surface area contributed by atoms with Crippen LogP contribution in [0.25, 0.3) is 0 Å². The fraction of sp³-hybridized carbons (Fsp3) is 0.977. The van der Waals surface area contributed by atoms with Crippen LogP contribution in [0.3, 0.4) is 0 Å². The summed E-state index contributed by atoms with van der Waals surface area (Å²) >= 11 is 0. The maximum Gasteiger partial charge on any atom is 0.133 e. The lowest BCUT2D eigenvalue weighted by atomic mass is 9.44. The molecule has 4 rings (SSSR count). The van der Waals surface area contributed by atoms with Gasteiger partial charge in [-0.05, 0) is 105 Å². The summed E-state index contributed by atoms with van der Waals surface area (Å²) in [6, 6.07) is 0. The Morgan fingerprint density at radius 3 is 1.29 bits per heavy atom. The molecule has 0 spiro atoms. The van der Waals surface area contributed by atoms with Gasteiger partial charge in [0.25, 0.3) is 0 Å². The first-order valence-corrected chi connectivity index (χ1v) is 10.5. The van der Waals surface area contributed by atoms with Crippen LogP contribution in [0.1, 0.15) is 235 Å². The standard InChI is InChI=1S/C22H36O2.21CH4/c1-14(24)18-6-7-19-17-5-4-16-12-15(13-23)8-10-21(16,2)20(17)9-11-22(18,19)3;;;;;;;;;;;;;;;;;;;;;/h15-20,23H,4-13H2,1-3H3;21*1H4/t15-,16?,17?,18+,19?,20?,21-,22+;;;;;;;;;;;;;;;;;;;;;/m0...................../s1. The summed E-state index contributed by atoms with van der Waals surface area (Å²) < 4.78 is 0. The van der Waals surface area contributed by atoms with Gasteiger partial charge in [-0.25, -0.2) is 0 Å². The van der Waals surface area contributed by atoms with Crippen LogP contribution >= 0.6 is 0 Å². The summed E-state index contributed by atoms with van der Waals surface area (Å²) in [5.41, 5.74) is 0.794. The quantitative estimate of drug-likeness (QED) is 0.318. The van der Waals surface area contributed by atoms with E-state index in [-0.39, 0.29) is 156 Å². The van der Waals surface area contributed by atoms with Gasteiger partial charge in [0.1, 0.15) is 5.78 Å². The first-order valence-electron chi connectivity index (χ1n) is 10.5. The van der Waals surface area contributed by atoms with Gasteiger partial charge in [-0.2, -0.15) is 0 Å². The molecule has 0 aromatic rings. The van der Waals surface area contributed by atoms with E-state index in [1.165, 1.54) is 51.4 Å². The summed E-state index contributed by atoms with van der Waals surface area (Å²) in [5.74, 6) is 4.69. The number of aliphatic hydroxyl groups is 1. The van der Waals surface area contributed by atoms with Crippen molar-refractivity contribution < 1.29 is 9.90 Å². The Labute approximate surface area is 302 Å². The van der Waals surface area contributed by atoms with Crippen molar-refractivity contribution in [3.8, 4) is 0 Å². The molecule has 2 heteroatoms. The van der Waals surface area contributed by atoms with Gasteiger partial charge in [-0.1, -0.05) is 170 Å². The van der Waals surface area contributed by atoms with Gasteiger partial charge < -0.3 is 5.11 Å². The third-order valence-corrected chi connectivity index (χ3v) is 9.52. The van der Waals surface area contributed by atoms with Gasteiger partial charge in [0.2, 0.25) is 0 Å². The minimum Gasteiger partial charge on any atom is -0.396 e. The van der Waals surface area contributed by atoms with E-state index >= 15 is 0 Å². The molecule has 4 unspecified atom stereocenters. The molecule has 0 heterocycles. The van der Waals surface area contributed by atoms with Gasteiger partial charge in [-0.3, -0.25) is 4.79 Å². The average molecular weight is 669 g/mol. The molecule has 0 aromatic carbocycles. The van der Waals surface area contributed by atoms with Crippen LogP contribution in [0.5, 0.6) is 0 Å². The maximum absolute atomic E-state index is 12.2. The van der Waals surface area contributed by atoms with Gasteiger partial charge in [-0.15, -0.1) is 0 Å². The van der Waals surface area contributed by atoms with E-state index in [9.17, 15) is 9.90 Å². The molecule has 0 radical (unpaired) electrons. The van der Waals surface area contributed by atoms with Crippen molar-refractivity contribution in [3.05, 3.63) is 0 Å². The molecule has 2 nitrogen and oxygen atoms in total. The van der Waals surface area contributed by atoms with Crippen molar-refractivity contribution in [3.63, 3.8) is 0 Å². The number of Topliss-reactive ketones (excluding diaryl/α,β-unsaturated/α-hetero) is 1. The maximum atomic E-state index is 12.2. The number of ketones is 1. The Balaban J connectivity index is -0.0000000217. The van der Waals surface area contributed by atoms with E-state index in [1.807, 2.05) is 6.92 Å². The second-order valence-corrected chi connectivity index (χ2v) is 10.3. The smallest absolute Gasteiger partial charge is 0.133 e. The molecule has 8 atom stereocenters. The number of carbonyl (C=O) groups excluding carboxylic acids is 1. The molecular formula is C43H120O2. The second-order valence-electron chi connectivity index (χ2n) is 10.3. The van der Waals surface area contributed by atoms with Crippen molar-refractivity contribution >= 4 is 5.78 Å². The van der Waals surface area contributed by atoms with E-state index in [4.69, 9.17) is 0 Å². The zero-order chi connectivity index (χ0) is 17.1. The SMILES string of the molecule is C.C.C.C.C.C.C.C.C.C.C.C.C.C.C.C.C.C.C.C.C.CC(=O)[C@H]1CCC2C3CCC4C[C@@H](CO)CC[C@]4(C)C3CC[C@@]21C. The van der Waals surface area contributed by atoms with E-state index in [0.29, 0.717) is 35.1 Å². The summed E-state index contributed by atoms with van der Waals surface area (Å²) in [6.45, 7) is 7.26. The van der Waals surface area contributed by atoms with Gasteiger partial charge in [0.05, 0.1) is 0 Å². The lowest BCUT2D eigenvalue weighted by Gasteiger charge is -2.61. The van der Waals surface area contributed by atoms with E-state index < -0.39 is 0 Å². The molecule has 4 saturated carbocycles. The summed E-state index contributed by atoms with van der Waals surface area (Å²) in [5, 5.41) is 9.60. The highest BCUT2D eigenvalue weighted by atomic mass is 16.3.